The first kappa shape index (κ1) is 31.1. The predicted octanol–water partition coefficient (Wildman–Crippen LogP) is 5.33. The first-order valence-electron chi connectivity index (χ1n) is 12.5. The molecular formula is C25H25F8N3O4S. The number of halogens is 8. The van der Waals surface area contributed by atoms with Crippen molar-refractivity contribution in [2.75, 3.05) is 13.1 Å². The van der Waals surface area contributed by atoms with E-state index in [0.29, 0.717) is 43.1 Å². The van der Waals surface area contributed by atoms with Gasteiger partial charge in [-0.1, -0.05) is 12.1 Å². The Morgan fingerprint density at radius 1 is 1.15 bits per heavy atom. The molecule has 0 unspecified atom stereocenters. The third kappa shape index (κ3) is 5.65. The number of nitrogens with one attached hydrogen (secondary N) is 1. The zero-order valence-electron chi connectivity index (χ0n) is 21.4. The summed E-state index contributed by atoms with van der Waals surface area (Å²) in [4.78, 5) is 31.3. The van der Waals surface area contributed by atoms with E-state index in [1.165, 1.54) is 4.90 Å². The number of aliphatic hydroxyl groups is 2. The van der Waals surface area contributed by atoms with E-state index >= 15 is 0 Å². The van der Waals surface area contributed by atoms with Crippen molar-refractivity contribution >= 4 is 23.2 Å². The summed E-state index contributed by atoms with van der Waals surface area (Å²) in [5.41, 5.74) is -10.9. The molecule has 3 N–H and O–H groups in total. The van der Waals surface area contributed by atoms with Crippen molar-refractivity contribution < 1.29 is 54.9 Å². The molecule has 0 bridgehead atoms. The average molecular weight is 616 g/mol. The number of benzene rings is 1. The second kappa shape index (κ2) is 10.8. The number of amides is 2. The average Bonchev–Trinajstić information content (AvgIpc) is 3.50. The summed E-state index contributed by atoms with van der Waals surface area (Å²) in [5, 5.41) is 22.0. The molecule has 0 spiro atoms. The monoisotopic (exact) mass is 615 g/mol. The van der Waals surface area contributed by atoms with Crippen LogP contribution in [-0.4, -0.2) is 69.0 Å². The van der Waals surface area contributed by atoms with Crippen LogP contribution < -0.4 is 5.32 Å². The Balaban J connectivity index is 1.83. The number of hydrogen-bond acceptors (Lipinski definition) is 6. The Hall–Kier alpha value is -2.85. The molecule has 0 radical (unpaired) electrons. The van der Waals surface area contributed by atoms with E-state index in [-0.39, 0.29) is 41.1 Å². The molecule has 2 aromatic rings. The van der Waals surface area contributed by atoms with Crippen LogP contribution in [0.2, 0.25) is 0 Å². The largest absolute Gasteiger partial charge is 0.430 e. The Morgan fingerprint density at radius 2 is 1.78 bits per heavy atom. The van der Waals surface area contributed by atoms with Gasteiger partial charge in [0.1, 0.15) is 5.69 Å². The maximum Gasteiger partial charge on any atom is 0.430 e. The minimum Gasteiger partial charge on any atom is -0.388 e. The first-order chi connectivity index (χ1) is 18.9. The number of thiazole rings is 1. The number of aromatic nitrogens is 1. The Kier molecular flexibility index (Phi) is 8.17. The third-order valence-corrected chi connectivity index (χ3v) is 8.56. The second-order valence-electron chi connectivity index (χ2n) is 10.3. The van der Waals surface area contributed by atoms with Gasteiger partial charge in [0.15, 0.2) is 5.01 Å². The molecule has 16 heteroatoms. The molecule has 2 amide bonds. The normalized spacial score (nSPS) is 19.4. The molecule has 41 heavy (non-hydrogen) atoms. The third-order valence-electron chi connectivity index (χ3n) is 7.47. The highest BCUT2D eigenvalue weighted by molar-refractivity contribution is 7.17. The van der Waals surface area contributed by atoms with Crippen LogP contribution in [0.25, 0.3) is 10.4 Å². The lowest BCUT2D eigenvalue weighted by molar-refractivity contribution is -0.376. The van der Waals surface area contributed by atoms with Crippen molar-refractivity contribution in [2.45, 2.75) is 75.0 Å². The van der Waals surface area contributed by atoms with E-state index in [1.54, 1.807) is 6.92 Å². The summed E-state index contributed by atoms with van der Waals surface area (Å²) in [6.45, 7) is 1.84. The van der Waals surface area contributed by atoms with Crippen LogP contribution in [0.4, 0.5) is 35.1 Å². The molecule has 1 aromatic heterocycles. The molecule has 1 atom stereocenters. The van der Waals surface area contributed by atoms with E-state index in [2.05, 4.69) is 10.3 Å². The number of likely N-dealkylation sites (tertiary alicyclic amines) is 1. The van der Waals surface area contributed by atoms with Crippen molar-refractivity contribution in [2.24, 2.45) is 0 Å². The number of carbonyl (C=O) groups is 2. The van der Waals surface area contributed by atoms with Crippen LogP contribution in [0.5, 0.6) is 0 Å². The summed E-state index contributed by atoms with van der Waals surface area (Å²) in [6.07, 6.45) is -13.4. The SMILES string of the molecule is C[C@H]1CCCN1C(=O)c1nc(C(=O)NCC2(O)CCC2)sc1-c1ccc(C(O)(C(F)(F)F)C(F)(F)F)cc1C(F)F. The van der Waals surface area contributed by atoms with Gasteiger partial charge in [-0.2, -0.15) is 26.3 Å². The fraction of sp³-hybridized carbons (Fsp3) is 0.560. The van der Waals surface area contributed by atoms with Gasteiger partial charge in [0.05, 0.1) is 10.5 Å². The van der Waals surface area contributed by atoms with Crippen LogP contribution >= 0.6 is 11.3 Å². The van der Waals surface area contributed by atoms with Gasteiger partial charge < -0.3 is 20.4 Å². The molecule has 4 rings (SSSR count). The van der Waals surface area contributed by atoms with Gasteiger partial charge in [-0.05, 0) is 45.1 Å². The van der Waals surface area contributed by atoms with Crippen LogP contribution in [-0.2, 0) is 5.60 Å². The summed E-state index contributed by atoms with van der Waals surface area (Å²) >= 11 is 0.449. The van der Waals surface area contributed by atoms with Gasteiger partial charge in [-0.15, -0.1) is 11.3 Å². The van der Waals surface area contributed by atoms with Gasteiger partial charge in [-0.25, -0.2) is 13.8 Å². The quantitative estimate of drug-likeness (QED) is 0.366. The van der Waals surface area contributed by atoms with Crippen LogP contribution in [0.1, 0.15) is 76.9 Å². The minimum atomic E-state index is -6.31. The topological polar surface area (TPSA) is 103 Å². The highest BCUT2D eigenvalue weighted by atomic mass is 32.1. The van der Waals surface area contributed by atoms with E-state index in [1.807, 2.05) is 0 Å². The Bertz CT molecular complexity index is 1310. The second-order valence-corrected chi connectivity index (χ2v) is 11.3. The standard InChI is InChI=1S/C25H25F8N3O4S/c1-12-4-2-9-36(12)21(38)16-17(41-20(35-16)19(37)34-11-22(39)7-3-8-22)14-6-5-13(10-15(14)18(26)27)23(40,24(28,29)30)25(31,32)33/h5-6,10,12,18,39-40H,2-4,7-9,11H2,1H3,(H,34,37)/t12-/m0/s1. The van der Waals surface area contributed by atoms with Gasteiger partial charge in [0.25, 0.3) is 23.8 Å². The highest BCUT2D eigenvalue weighted by Crippen LogP contribution is 2.51. The van der Waals surface area contributed by atoms with Crippen LogP contribution in [0, 0.1) is 0 Å². The zero-order chi connectivity index (χ0) is 30.5. The molecule has 226 valence electrons. The smallest absolute Gasteiger partial charge is 0.388 e. The van der Waals surface area contributed by atoms with Crippen molar-refractivity contribution in [3.05, 3.63) is 40.0 Å². The zero-order valence-corrected chi connectivity index (χ0v) is 22.2. The number of alkyl halides is 8. The van der Waals surface area contributed by atoms with Gasteiger partial charge >= 0.3 is 12.4 Å². The number of hydrogen-bond donors (Lipinski definition) is 3. The number of carbonyl (C=O) groups excluding carboxylic acids is 2. The molecule has 2 fully saturated rings. The molecule has 7 nitrogen and oxygen atoms in total. The predicted molar refractivity (Wildman–Crippen MR) is 129 cm³/mol. The molecule has 1 aliphatic heterocycles. The summed E-state index contributed by atoms with van der Waals surface area (Å²) in [6, 6.07) is 0.308. The molecule has 2 heterocycles. The lowest BCUT2D eigenvalue weighted by atomic mass is 9.80. The number of rotatable bonds is 7. The van der Waals surface area contributed by atoms with E-state index in [0.717, 1.165) is 6.42 Å². The fourth-order valence-electron chi connectivity index (χ4n) is 4.86. The number of nitrogens with zero attached hydrogens (tertiary/aromatic N) is 2. The van der Waals surface area contributed by atoms with Crippen LogP contribution in [0.3, 0.4) is 0 Å². The van der Waals surface area contributed by atoms with Gasteiger partial charge in [-0.3, -0.25) is 9.59 Å². The summed E-state index contributed by atoms with van der Waals surface area (Å²) in [5.74, 6) is -1.62. The summed E-state index contributed by atoms with van der Waals surface area (Å²) in [7, 11) is 0. The fourth-order valence-corrected chi connectivity index (χ4v) is 5.88. The van der Waals surface area contributed by atoms with Crippen LogP contribution in [0.15, 0.2) is 18.2 Å². The molecule has 1 saturated heterocycles. The van der Waals surface area contributed by atoms with Gasteiger partial charge in [0, 0.05) is 35.8 Å². The maximum atomic E-state index is 14.2. The van der Waals surface area contributed by atoms with Crippen molar-refractivity contribution in [1.82, 2.24) is 15.2 Å². The Labute approximate surface area is 232 Å². The van der Waals surface area contributed by atoms with E-state index in [9.17, 15) is 54.9 Å². The van der Waals surface area contributed by atoms with Crippen molar-refractivity contribution in [3.8, 4) is 10.4 Å². The van der Waals surface area contributed by atoms with Crippen molar-refractivity contribution in [1.29, 1.82) is 0 Å². The summed E-state index contributed by atoms with van der Waals surface area (Å²) < 4.78 is 109. The van der Waals surface area contributed by atoms with E-state index < -0.39 is 64.2 Å². The lowest BCUT2D eigenvalue weighted by Gasteiger charge is -2.36. The first-order valence-corrected chi connectivity index (χ1v) is 13.3. The van der Waals surface area contributed by atoms with Crippen molar-refractivity contribution in [3.63, 3.8) is 0 Å². The maximum absolute atomic E-state index is 14.2. The lowest BCUT2D eigenvalue weighted by Crippen LogP contribution is -2.54. The molecule has 1 aromatic carbocycles. The molecular weight excluding hydrogens is 590 g/mol. The highest BCUT2D eigenvalue weighted by Gasteiger charge is 2.71. The molecule has 2 aliphatic rings. The molecule has 1 aliphatic carbocycles. The minimum absolute atomic E-state index is 0.112. The van der Waals surface area contributed by atoms with Gasteiger partial charge in [0.2, 0.25) is 0 Å². The Morgan fingerprint density at radius 3 is 2.27 bits per heavy atom. The van der Waals surface area contributed by atoms with E-state index in [4.69, 9.17) is 0 Å². The molecule has 1 saturated carbocycles.